The van der Waals surface area contributed by atoms with Gasteiger partial charge >= 0.3 is 11.9 Å². The molecule has 1 aromatic rings. The van der Waals surface area contributed by atoms with Crippen molar-refractivity contribution in [2.24, 2.45) is 0 Å². The van der Waals surface area contributed by atoms with Gasteiger partial charge in [-0.2, -0.15) is 0 Å². The number of allylic oxidation sites excluding steroid dienone is 1. The maximum Gasteiger partial charge on any atom is 0.347 e. The van der Waals surface area contributed by atoms with Crippen molar-refractivity contribution in [2.45, 2.75) is 41.0 Å². The predicted molar refractivity (Wildman–Crippen MR) is 82.2 cm³/mol. The Balaban J connectivity index is 3.49. The van der Waals surface area contributed by atoms with Crippen molar-refractivity contribution in [2.75, 3.05) is 6.61 Å². The van der Waals surface area contributed by atoms with E-state index in [1.165, 1.54) is 6.08 Å². The molecule has 0 saturated carbocycles. The number of rotatable bonds is 5. The number of carbonyl (C=O) groups is 2. The molecule has 0 aliphatic heterocycles. The highest BCUT2D eigenvalue weighted by molar-refractivity contribution is 5.95. The van der Waals surface area contributed by atoms with E-state index in [4.69, 9.17) is 9.47 Å². The SMILES string of the molecule is CCOC(=O)c1c(OC(=O)C=C(C)C)c(CC)c(C)[nH]c1=O. The first-order valence-electron chi connectivity index (χ1n) is 7.11. The summed E-state index contributed by atoms with van der Waals surface area (Å²) in [5.74, 6) is -1.46. The fourth-order valence-electron chi connectivity index (χ4n) is 2.03. The van der Waals surface area contributed by atoms with Crippen LogP contribution >= 0.6 is 0 Å². The Morgan fingerprint density at radius 3 is 2.36 bits per heavy atom. The first-order chi connectivity index (χ1) is 10.3. The second-order valence-electron chi connectivity index (χ2n) is 4.98. The topological polar surface area (TPSA) is 85.5 Å². The summed E-state index contributed by atoms with van der Waals surface area (Å²) >= 11 is 0. The highest BCUT2D eigenvalue weighted by atomic mass is 16.5. The zero-order valence-corrected chi connectivity index (χ0v) is 13.5. The molecule has 0 aliphatic carbocycles. The predicted octanol–water partition coefficient (Wildman–Crippen LogP) is 2.29. The van der Waals surface area contributed by atoms with E-state index in [0.29, 0.717) is 17.7 Å². The van der Waals surface area contributed by atoms with E-state index >= 15 is 0 Å². The molecule has 1 N–H and O–H groups in total. The number of esters is 2. The lowest BCUT2D eigenvalue weighted by Crippen LogP contribution is -2.25. The van der Waals surface area contributed by atoms with E-state index in [1.54, 1.807) is 27.7 Å². The average Bonchev–Trinajstić information content (AvgIpc) is 2.37. The summed E-state index contributed by atoms with van der Waals surface area (Å²) in [4.78, 5) is 38.6. The Bertz CT molecular complexity index is 666. The second-order valence-corrected chi connectivity index (χ2v) is 4.98. The number of aromatic amines is 1. The quantitative estimate of drug-likeness (QED) is 0.666. The number of aromatic nitrogens is 1. The van der Waals surface area contributed by atoms with Gasteiger partial charge in [-0.25, -0.2) is 9.59 Å². The second kappa shape index (κ2) is 7.59. The Morgan fingerprint density at radius 2 is 1.86 bits per heavy atom. The van der Waals surface area contributed by atoms with Crippen molar-refractivity contribution in [1.82, 2.24) is 4.98 Å². The number of aryl methyl sites for hydroxylation is 1. The standard InChI is InChI=1S/C16H21NO5/c1-6-11-10(5)17-15(19)13(16(20)21-7-2)14(11)22-12(18)8-9(3)4/h8H,6-7H2,1-5H3,(H,17,19). The maximum atomic E-state index is 12.1. The summed E-state index contributed by atoms with van der Waals surface area (Å²) in [5.41, 5.74) is 0.994. The van der Waals surface area contributed by atoms with Crippen LogP contribution in [0.15, 0.2) is 16.4 Å². The molecule has 1 aromatic heterocycles. The molecule has 0 aliphatic rings. The van der Waals surface area contributed by atoms with Crippen LogP contribution in [-0.2, 0) is 16.0 Å². The lowest BCUT2D eigenvalue weighted by molar-refractivity contribution is -0.129. The van der Waals surface area contributed by atoms with E-state index in [0.717, 1.165) is 5.57 Å². The molecular weight excluding hydrogens is 286 g/mol. The zero-order chi connectivity index (χ0) is 16.9. The third kappa shape index (κ3) is 4.07. The van der Waals surface area contributed by atoms with E-state index in [9.17, 15) is 14.4 Å². The van der Waals surface area contributed by atoms with Crippen LogP contribution < -0.4 is 10.3 Å². The normalized spacial score (nSPS) is 10.0. The summed E-state index contributed by atoms with van der Waals surface area (Å²) in [6.07, 6.45) is 1.79. The molecule has 0 fully saturated rings. The van der Waals surface area contributed by atoms with Gasteiger partial charge in [-0.3, -0.25) is 4.79 Å². The summed E-state index contributed by atoms with van der Waals surface area (Å²) in [6, 6.07) is 0. The largest absolute Gasteiger partial charge is 0.462 e. The van der Waals surface area contributed by atoms with Gasteiger partial charge in [-0.05, 0) is 34.1 Å². The fraction of sp³-hybridized carbons (Fsp3) is 0.438. The van der Waals surface area contributed by atoms with Crippen molar-refractivity contribution in [3.8, 4) is 5.75 Å². The molecule has 6 heteroatoms. The third-order valence-corrected chi connectivity index (χ3v) is 2.92. The summed E-state index contributed by atoms with van der Waals surface area (Å²) in [5, 5.41) is 0. The van der Waals surface area contributed by atoms with Gasteiger partial charge in [0.2, 0.25) is 0 Å². The number of ether oxygens (including phenoxy) is 2. The minimum absolute atomic E-state index is 0.0234. The number of H-pyrrole nitrogens is 1. The molecule has 6 nitrogen and oxygen atoms in total. The average molecular weight is 307 g/mol. The lowest BCUT2D eigenvalue weighted by atomic mass is 10.1. The molecule has 1 rings (SSSR count). The van der Waals surface area contributed by atoms with Crippen molar-refractivity contribution < 1.29 is 19.1 Å². The highest BCUT2D eigenvalue weighted by Gasteiger charge is 2.24. The van der Waals surface area contributed by atoms with Gasteiger partial charge in [0, 0.05) is 17.3 Å². The van der Waals surface area contributed by atoms with Crippen molar-refractivity contribution >= 4 is 11.9 Å². The van der Waals surface area contributed by atoms with Gasteiger partial charge in [0.1, 0.15) is 0 Å². The van der Waals surface area contributed by atoms with Crippen LogP contribution in [0.3, 0.4) is 0 Å². The molecule has 22 heavy (non-hydrogen) atoms. The summed E-state index contributed by atoms with van der Waals surface area (Å²) in [7, 11) is 0. The number of hydrogen-bond acceptors (Lipinski definition) is 5. The molecular formula is C16H21NO5. The van der Waals surface area contributed by atoms with Crippen molar-refractivity contribution in [3.05, 3.63) is 38.8 Å². The molecule has 1 heterocycles. The molecule has 0 atom stereocenters. The molecule has 0 bridgehead atoms. The van der Waals surface area contributed by atoms with E-state index in [-0.39, 0.29) is 17.9 Å². The van der Waals surface area contributed by atoms with Crippen molar-refractivity contribution in [1.29, 1.82) is 0 Å². The number of nitrogens with one attached hydrogen (secondary N) is 1. The first-order valence-corrected chi connectivity index (χ1v) is 7.11. The minimum atomic E-state index is -0.807. The van der Waals surface area contributed by atoms with Crippen LogP contribution in [0.1, 0.15) is 49.3 Å². The summed E-state index contributed by atoms with van der Waals surface area (Å²) in [6.45, 7) is 8.78. The first kappa shape index (κ1) is 17.7. The third-order valence-electron chi connectivity index (χ3n) is 2.92. The lowest BCUT2D eigenvalue weighted by Gasteiger charge is -2.14. The van der Waals surface area contributed by atoms with Crippen LogP contribution in [0.25, 0.3) is 0 Å². The van der Waals surface area contributed by atoms with Crippen LogP contribution in [-0.4, -0.2) is 23.5 Å². The number of carbonyl (C=O) groups excluding carboxylic acids is 2. The Hall–Kier alpha value is -2.37. The van der Waals surface area contributed by atoms with Crippen LogP contribution in [0, 0.1) is 6.92 Å². The van der Waals surface area contributed by atoms with Gasteiger partial charge in [-0.1, -0.05) is 12.5 Å². The Labute approximate surface area is 129 Å². The highest BCUT2D eigenvalue weighted by Crippen LogP contribution is 2.25. The molecule has 0 unspecified atom stereocenters. The Morgan fingerprint density at radius 1 is 1.23 bits per heavy atom. The summed E-state index contributed by atoms with van der Waals surface area (Å²) < 4.78 is 10.2. The van der Waals surface area contributed by atoms with Gasteiger partial charge in [0.15, 0.2) is 11.3 Å². The van der Waals surface area contributed by atoms with E-state index in [1.807, 2.05) is 6.92 Å². The van der Waals surface area contributed by atoms with Crippen LogP contribution in [0.4, 0.5) is 0 Å². The van der Waals surface area contributed by atoms with Gasteiger partial charge in [-0.15, -0.1) is 0 Å². The maximum absolute atomic E-state index is 12.1. The number of pyridine rings is 1. The molecule has 0 amide bonds. The smallest absolute Gasteiger partial charge is 0.347 e. The monoisotopic (exact) mass is 307 g/mol. The Kier molecular flexibility index (Phi) is 6.10. The van der Waals surface area contributed by atoms with E-state index < -0.39 is 17.5 Å². The van der Waals surface area contributed by atoms with Crippen LogP contribution in [0.5, 0.6) is 5.75 Å². The molecule has 0 spiro atoms. The van der Waals surface area contributed by atoms with Gasteiger partial charge < -0.3 is 14.5 Å². The van der Waals surface area contributed by atoms with Crippen LogP contribution in [0.2, 0.25) is 0 Å². The molecule has 120 valence electrons. The van der Waals surface area contributed by atoms with E-state index in [2.05, 4.69) is 4.98 Å². The molecule has 0 saturated heterocycles. The van der Waals surface area contributed by atoms with Gasteiger partial charge in [0.25, 0.3) is 5.56 Å². The minimum Gasteiger partial charge on any atom is -0.462 e. The fourth-order valence-corrected chi connectivity index (χ4v) is 2.03. The molecule has 0 aromatic carbocycles. The van der Waals surface area contributed by atoms with Gasteiger partial charge in [0.05, 0.1) is 6.61 Å². The molecule has 0 radical (unpaired) electrons. The van der Waals surface area contributed by atoms with Crippen molar-refractivity contribution in [3.63, 3.8) is 0 Å². The number of hydrogen-bond donors (Lipinski definition) is 1. The zero-order valence-electron chi connectivity index (χ0n) is 13.5.